The molecule has 0 aromatic carbocycles. The fourth-order valence-corrected chi connectivity index (χ4v) is 3.04. The van der Waals surface area contributed by atoms with Crippen molar-refractivity contribution in [1.82, 2.24) is 9.62 Å². The van der Waals surface area contributed by atoms with Crippen LogP contribution in [0.3, 0.4) is 0 Å². The van der Waals surface area contributed by atoms with Gasteiger partial charge in [-0.1, -0.05) is 20.8 Å². The number of hydrogen-bond acceptors (Lipinski definition) is 4. The number of carboxylic acids is 1. The van der Waals surface area contributed by atoms with Gasteiger partial charge in [-0.2, -0.15) is 0 Å². The van der Waals surface area contributed by atoms with E-state index in [2.05, 4.69) is 4.72 Å². The van der Waals surface area contributed by atoms with E-state index in [1.807, 2.05) is 0 Å². The van der Waals surface area contributed by atoms with Gasteiger partial charge < -0.3 is 10.0 Å². The Bertz CT molecular complexity index is 494. The monoisotopic (exact) mass is 306 g/mol. The minimum atomic E-state index is -3.52. The van der Waals surface area contributed by atoms with E-state index in [0.717, 1.165) is 6.26 Å². The van der Waals surface area contributed by atoms with Gasteiger partial charge in [0.2, 0.25) is 15.9 Å². The van der Waals surface area contributed by atoms with Crippen LogP contribution in [0.2, 0.25) is 0 Å². The smallest absolute Gasteiger partial charge is 0.308 e. The molecule has 1 aliphatic rings. The second-order valence-electron chi connectivity index (χ2n) is 6.30. The second-order valence-corrected chi connectivity index (χ2v) is 8.08. The molecule has 116 valence electrons. The summed E-state index contributed by atoms with van der Waals surface area (Å²) in [6.07, 6.45) is 1.40. The SMILES string of the molecule is CC(C)(C)C(NS(C)(=O)=O)C(=O)N1CCC(C(=O)O)C1. The highest BCUT2D eigenvalue weighted by Crippen LogP contribution is 2.25. The van der Waals surface area contributed by atoms with Gasteiger partial charge in [-0.05, 0) is 11.8 Å². The van der Waals surface area contributed by atoms with Gasteiger partial charge in [-0.15, -0.1) is 0 Å². The van der Waals surface area contributed by atoms with Crippen molar-refractivity contribution in [1.29, 1.82) is 0 Å². The quantitative estimate of drug-likeness (QED) is 0.754. The topological polar surface area (TPSA) is 104 Å². The van der Waals surface area contributed by atoms with Gasteiger partial charge >= 0.3 is 5.97 Å². The number of nitrogens with one attached hydrogen (secondary N) is 1. The largest absolute Gasteiger partial charge is 0.481 e. The first-order chi connectivity index (χ1) is 8.92. The highest BCUT2D eigenvalue weighted by atomic mass is 32.2. The summed E-state index contributed by atoms with van der Waals surface area (Å²) in [5, 5.41) is 8.95. The van der Waals surface area contributed by atoms with Crippen LogP contribution >= 0.6 is 0 Å². The second kappa shape index (κ2) is 5.69. The number of carbonyl (C=O) groups is 2. The average Bonchev–Trinajstić information content (AvgIpc) is 2.71. The van der Waals surface area contributed by atoms with Crippen molar-refractivity contribution in [2.24, 2.45) is 11.3 Å². The lowest BCUT2D eigenvalue weighted by atomic mass is 9.86. The number of aliphatic carboxylic acids is 1. The van der Waals surface area contributed by atoms with Crippen LogP contribution in [0.25, 0.3) is 0 Å². The summed E-state index contributed by atoms with van der Waals surface area (Å²) < 4.78 is 25.2. The van der Waals surface area contributed by atoms with Crippen molar-refractivity contribution in [3.8, 4) is 0 Å². The van der Waals surface area contributed by atoms with E-state index in [1.165, 1.54) is 4.90 Å². The van der Waals surface area contributed by atoms with Crippen LogP contribution in [0.4, 0.5) is 0 Å². The number of amides is 1. The predicted octanol–water partition coefficient (Wildman–Crippen LogP) is -0.117. The molecule has 1 rings (SSSR count). The minimum Gasteiger partial charge on any atom is -0.481 e. The maximum absolute atomic E-state index is 12.4. The molecule has 1 amide bonds. The molecular weight excluding hydrogens is 284 g/mol. The summed E-state index contributed by atoms with van der Waals surface area (Å²) in [5.41, 5.74) is -0.596. The van der Waals surface area contributed by atoms with Gasteiger partial charge in [0.1, 0.15) is 6.04 Å². The molecule has 2 atom stereocenters. The summed E-state index contributed by atoms with van der Waals surface area (Å²) in [6.45, 7) is 5.76. The molecule has 0 spiro atoms. The van der Waals surface area contributed by atoms with Crippen molar-refractivity contribution >= 4 is 21.9 Å². The summed E-state index contributed by atoms with van der Waals surface area (Å²) >= 11 is 0. The van der Waals surface area contributed by atoms with Crippen LogP contribution in [-0.4, -0.2) is 55.7 Å². The molecule has 1 fully saturated rings. The number of nitrogens with zero attached hydrogens (tertiary/aromatic N) is 1. The fraction of sp³-hybridized carbons (Fsp3) is 0.833. The zero-order valence-electron chi connectivity index (χ0n) is 12.2. The van der Waals surface area contributed by atoms with Crippen molar-refractivity contribution < 1.29 is 23.1 Å². The Morgan fingerprint density at radius 3 is 2.25 bits per heavy atom. The lowest BCUT2D eigenvalue weighted by molar-refractivity contribution is -0.141. The molecule has 0 bridgehead atoms. The van der Waals surface area contributed by atoms with Gasteiger partial charge in [-0.3, -0.25) is 9.59 Å². The summed E-state index contributed by atoms with van der Waals surface area (Å²) in [4.78, 5) is 24.8. The number of sulfonamides is 1. The molecule has 0 radical (unpaired) electrons. The minimum absolute atomic E-state index is 0.131. The first kappa shape index (κ1) is 16.9. The van der Waals surface area contributed by atoms with Gasteiger partial charge in [0.05, 0.1) is 12.2 Å². The van der Waals surface area contributed by atoms with Gasteiger partial charge in [-0.25, -0.2) is 13.1 Å². The molecule has 20 heavy (non-hydrogen) atoms. The molecule has 1 aliphatic heterocycles. The standard InChI is InChI=1S/C12H22N2O5S/c1-12(2,3)9(13-20(4,18)19)10(15)14-6-5-8(7-14)11(16)17/h8-9,13H,5-7H2,1-4H3,(H,16,17). The zero-order chi connectivity index (χ0) is 15.7. The Labute approximate surface area is 119 Å². The van der Waals surface area contributed by atoms with E-state index >= 15 is 0 Å². The van der Waals surface area contributed by atoms with E-state index < -0.39 is 33.4 Å². The first-order valence-electron chi connectivity index (χ1n) is 6.40. The number of likely N-dealkylation sites (tertiary alicyclic amines) is 1. The van der Waals surface area contributed by atoms with Gasteiger partial charge in [0.15, 0.2) is 0 Å². The molecule has 2 unspecified atom stereocenters. The molecule has 1 saturated heterocycles. The summed E-state index contributed by atoms with van der Waals surface area (Å²) in [6, 6.07) is -0.898. The number of rotatable bonds is 4. The summed E-state index contributed by atoms with van der Waals surface area (Å²) in [7, 11) is -3.52. The van der Waals surface area contributed by atoms with Crippen molar-refractivity contribution in [2.75, 3.05) is 19.3 Å². The average molecular weight is 306 g/mol. The Kier molecular flexibility index (Phi) is 4.81. The third kappa shape index (κ3) is 4.45. The Balaban J connectivity index is 2.88. The lowest BCUT2D eigenvalue weighted by Gasteiger charge is -2.32. The summed E-state index contributed by atoms with van der Waals surface area (Å²) in [5.74, 6) is -1.87. The molecule has 8 heteroatoms. The molecule has 7 nitrogen and oxygen atoms in total. The van der Waals surface area contributed by atoms with E-state index in [-0.39, 0.29) is 12.5 Å². The number of carbonyl (C=O) groups excluding carboxylic acids is 1. The molecular formula is C12H22N2O5S. The van der Waals surface area contributed by atoms with Crippen LogP contribution in [0, 0.1) is 11.3 Å². The molecule has 0 aromatic rings. The van der Waals surface area contributed by atoms with Crippen LogP contribution < -0.4 is 4.72 Å². The highest BCUT2D eigenvalue weighted by Gasteiger charge is 2.39. The number of carboxylic acid groups (broad SMARTS) is 1. The Morgan fingerprint density at radius 1 is 1.35 bits per heavy atom. The molecule has 0 aromatic heterocycles. The third-order valence-electron chi connectivity index (χ3n) is 3.29. The van der Waals surface area contributed by atoms with Gasteiger partial charge in [0.25, 0.3) is 0 Å². The zero-order valence-corrected chi connectivity index (χ0v) is 13.0. The Morgan fingerprint density at radius 2 is 1.90 bits per heavy atom. The van der Waals surface area contributed by atoms with Crippen molar-refractivity contribution in [2.45, 2.75) is 33.2 Å². The van der Waals surface area contributed by atoms with Crippen molar-refractivity contribution in [3.05, 3.63) is 0 Å². The predicted molar refractivity (Wildman–Crippen MR) is 73.5 cm³/mol. The Hall–Kier alpha value is -1.15. The number of hydrogen-bond donors (Lipinski definition) is 2. The molecule has 0 saturated carbocycles. The first-order valence-corrected chi connectivity index (χ1v) is 8.30. The van der Waals surface area contributed by atoms with Crippen LogP contribution in [0.5, 0.6) is 0 Å². The molecule has 0 aliphatic carbocycles. The van der Waals surface area contributed by atoms with E-state index in [9.17, 15) is 18.0 Å². The van der Waals surface area contributed by atoms with Crippen molar-refractivity contribution in [3.63, 3.8) is 0 Å². The van der Waals surface area contributed by atoms with Crippen LogP contribution in [0.1, 0.15) is 27.2 Å². The van der Waals surface area contributed by atoms with Gasteiger partial charge in [0, 0.05) is 13.1 Å². The van der Waals surface area contributed by atoms with E-state index in [4.69, 9.17) is 5.11 Å². The van der Waals surface area contributed by atoms with Crippen LogP contribution in [0.15, 0.2) is 0 Å². The maximum atomic E-state index is 12.4. The maximum Gasteiger partial charge on any atom is 0.308 e. The molecule has 2 N–H and O–H groups in total. The van der Waals surface area contributed by atoms with Crippen LogP contribution in [-0.2, 0) is 19.6 Å². The highest BCUT2D eigenvalue weighted by molar-refractivity contribution is 7.88. The lowest BCUT2D eigenvalue weighted by Crippen LogP contribution is -2.54. The fourth-order valence-electron chi connectivity index (χ4n) is 2.16. The van der Waals surface area contributed by atoms with E-state index in [1.54, 1.807) is 20.8 Å². The molecule has 1 heterocycles. The van der Waals surface area contributed by atoms with E-state index in [0.29, 0.717) is 13.0 Å². The third-order valence-corrected chi connectivity index (χ3v) is 3.96. The normalized spacial score (nSPS) is 21.8.